The van der Waals surface area contributed by atoms with Crippen molar-refractivity contribution < 1.29 is 15.0 Å². The fraction of sp³-hybridized carbons (Fsp3) is 0.750. The van der Waals surface area contributed by atoms with E-state index in [9.17, 15) is 0 Å². The van der Waals surface area contributed by atoms with Crippen LogP contribution >= 0.6 is 22.6 Å². The third kappa shape index (κ3) is 210. The molecule has 0 aromatic rings. The molecule has 0 atom stereocenters. The van der Waals surface area contributed by atoms with Gasteiger partial charge in [0, 0.05) is 3.92 Å². The predicted octanol–water partition coefficient (Wildman–Crippen LogP) is 1.40. The molecule has 52 valence electrons. The average molecular weight is 272 g/mol. The van der Waals surface area contributed by atoms with Crippen LogP contribution in [0.15, 0.2) is 0 Å². The first-order chi connectivity index (χ1) is 3.46. The topological polar surface area (TPSA) is 57.5 Å². The molecule has 9 heavy (non-hydrogen) atoms. The van der Waals surface area contributed by atoms with Crippen molar-refractivity contribution in [3.8, 4) is 0 Å². The van der Waals surface area contributed by atoms with Crippen molar-refractivity contribution in [3.05, 3.63) is 0 Å². The first kappa shape index (κ1) is 16.9. The van der Waals surface area contributed by atoms with E-state index in [1.165, 1.54) is 0 Å². The maximum absolute atomic E-state index is 8.56. The second-order valence-electron chi connectivity index (χ2n) is 1.30. The number of rotatable bonds is 0. The van der Waals surface area contributed by atoms with Crippen LogP contribution < -0.4 is 0 Å². The van der Waals surface area contributed by atoms with Crippen LogP contribution in [0.5, 0.6) is 0 Å². The molecule has 3 nitrogen and oxygen atoms in total. The van der Waals surface area contributed by atoms with Gasteiger partial charge in [-0.05, 0) is 0 Å². The minimum absolute atomic E-state index is 0. The molecule has 0 saturated carbocycles. The Balaban J connectivity index is -0.0000000720. The van der Waals surface area contributed by atoms with E-state index in [0.717, 1.165) is 3.92 Å². The van der Waals surface area contributed by atoms with E-state index >= 15 is 0 Å². The molecular weight excluding hydrogens is 262 g/mol. The molecule has 0 fully saturated rings. The molecule has 0 amide bonds. The van der Waals surface area contributed by atoms with Crippen molar-refractivity contribution in [2.24, 2.45) is 0 Å². The Morgan fingerprint density at radius 1 is 1.44 bits per heavy atom. The van der Waals surface area contributed by atoms with Crippen molar-refractivity contribution in [1.82, 2.24) is 0 Å². The number of carboxylic acid groups (broad SMARTS) is 2. The van der Waals surface area contributed by atoms with Crippen LogP contribution in [0.4, 0.5) is 4.79 Å². The van der Waals surface area contributed by atoms with Crippen molar-refractivity contribution in [2.75, 3.05) is 0 Å². The summed E-state index contributed by atoms with van der Waals surface area (Å²) in [6.45, 7) is 4.31. The predicted molar refractivity (Wildman–Crippen MR) is 47.0 cm³/mol. The normalized spacial score (nSPS) is 6.67. The van der Waals surface area contributed by atoms with Gasteiger partial charge in [0.05, 0.1) is 0 Å². The molecule has 0 spiro atoms. The Kier molecular flexibility index (Phi) is 23.2. The number of hydrogen-bond acceptors (Lipinski definition) is 1. The van der Waals surface area contributed by atoms with Gasteiger partial charge in [-0.1, -0.05) is 36.4 Å². The van der Waals surface area contributed by atoms with Gasteiger partial charge in [-0.2, -0.15) is 0 Å². The molecule has 0 aromatic heterocycles. The number of hydrogen-bond donors (Lipinski definition) is 2. The molecule has 0 aliphatic carbocycles. The van der Waals surface area contributed by atoms with Crippen LogP contribution in [0.1, 0.15) is 13.8 Å². The molecule has 0 saturated heterocycles. The zero-order valence-electron chi connectivity index (χ0n) is 4.76. The monoisotopic (exact) mass is 272 g/mol. The van der Waals surface area contributed by atoms with Gasteiger partial charge < -0.3 is 10.2 Å². The number of carbonyl (C=O) groups is 1. The fourth-order valence-electron chi connectivity index (χ4n) is 0. The molecule has 0 unspecified atom stereocenters. The molecule has 0 aliphatic rings. The van der Waals surface area contributed by atoms with Crippen molar-refractivity contribution in [2.45, 2.75) is 17.8 Å². The fourth-order valence-corrected chi connectivity index (χ4v) is 0. The summed E-state index contributed by atoms with van der Waals surface area (Å²) in [6, 6.07) is 0. The van der Waals surface area contributed by atoms with Crippen LogP contribution in [0.25, 0.3) is 0 Å². The van der Waals surface area contributed by atoms with E-state index in [1.54, 1.807) is 0 Å². The van der Waals surface area contributed by atoms with Gasteiger partial charge >= 0.3 is 57.5 Å². The summed E-state index contributed by atoms with van der Waals surface area (Å²) in [6.07, 6.45) is -1.83. The summed E-state index contributed by atoms with van der Waals surface area (Å²) in [5.74, 6) is 0. The van der Waals surface area contributed by atoms with Crippen LogP contribution in [0.3, 0.4) is 0 Å². The van der Waals surface area contributed by atoms with Crippen LogP contribution in [-0.4, -0.2) is 71.7 Å². The zero-order chi connectivity index (χ0) is 7.15. The van der Waals surface area contributed by atoms with E-state index < -0.39 is 6.16 Å². The van der Waals surface area contributed by atoms with Gasteiger partial charge in [0.15, 0.2) is 0 Å². The van der Waals surface area contributed by atoms with E-state index in [2.05, 4.69) is 36.4 Å². The zero-order valence-corrected chi connectivity index (χ0v) is 6.92. The summed E-state index contributed by atoms with van der Waals surface area (Å²) in [4.78, 5) is 8.56. The first-order valence-corrected chi connectivity index (χ1v) is 3.27. The number of halogens is 1. The Bertz CT molecular complexity index is 60.1. The Labute approximate surface area is 111 Å². The SMILES string of the molecule is CC(C)I.O=C(O)O.[KH]. The van der Waals surface area contributed by atoms with Gasteiger partial charge in [0.2, 0.25) is 0 Å². The third-order valence-electron chi connectivity index (χ3n) is 0. The molecule has 0 aromatic carbocycles. The van der Waals surface area contributed by atoms with Crippen molar-refractivity contribution in [3.63, 3.8) is 0 Å². The summed E-state index contributed by atoms with van der Waals surface area (Å²) in [7, 11) is 0. The van der Waals surface area contributed by atoms with E-state index in [4.69, 9.17) is 15.0 Å². The standard InChI is InChI=1S/C3H7I.CH2O3.K.H/c1-3(2)4;2-1(3)4;;/h3H,1-2H3;(H2,2,3,4);;. The second kappa shape index (κ2) is 12.3. The average Bonchev–Trinajstić information content (AvgIpc) is 1.25. The Hall–Kier alpha value is 1.64. The van der Waals surface area contributed by atoms with Crippen LogP contribution in [0, 0.1) is 0 Å². The summed E-state index contributed by atoms with van der Waals surface area (Å²) in [5.41, 5.74) is 0. The van der Waals surface area contributed by atoms with Crippen LogP contribution in [0.2, 0.25) is 0 Å². The molecule has 0 radical (unpaired) electrons. The summed E-state index contributed by atoms with van der Waals surface area (Å²) < 4.78 is 0.803. The molecule has 0 rings (SSSR count). The molecule has 0 bridgehead atoms. The van der Waals surface area contributed by atoms with E-state index in [0.29, 0.717) is 0 Å². The molecule has 2 N–H and O–H groups in total. The quantitative estimate of drug-likeness (QED) is 0.398. The molecular formula is C4H10IKO3. The Morgan fingerprint density at radius 3 is 1.44 bits per heavy atom. The Morgan fingerprint density at radius 2 is 1.44 bits per heavy atom. The second-order valence-corrected chi connectivity index (χ2v) is 3.79. The van der Waals surface area contributed by atoms with Gasteiger partial charge in [-0.15, -0.1) is 0 Å². The minimum atomic E-state index is -1.83. The third-order valence-corrected chi connectivity index (χ3v) is 0. The van der Waals surface area contributed by atoms with Crippen LogP contribution in [-0.2, 0) is 0 Å². The van der Waals surface area contributed by atoms with Crippen molar-refractivity contribution >= 4 is 80.1 Å². The molecule has 5 heteroatoms. The maximum atomic E-state index is 8.56. The summed E-state index contributed by atoms with van der Waals surface area (Å²) >= 11 is 2.34. The van der Waals surface area contributed by atoms with Crippen molar-refractivity contribution in [1.29, 1.82) is 0 Å². The van der Waals surface area contributed by atoms with E-state index in [1.807, 2.05) is 0 Å². The summed E-state index contributed by atoms with van der Waals surface area (Å²) in [5, 5.41) is 13.9. The van der Waals surface area contributed by atoms with Gasteiger partial charge in [-0.3, -0.25) is 0 Å². The van der Waals surface area contributed by atoms with Gasteiger partial charge in [0.25, 0.3) is 0 Å². The van der Waals surface area contributed by atoms with Gasteiger partial charge in [-0.25, -0.2) is 4.79 Å². The first-order valence-electron chi connectivity index (χ1n) is 2.02. The number of alkyl halides is 1. The van der Waals surface area contributed by atoms with E-state index in [-0.39, 0.29) is 51.4 Å². The van der Waals surface area contributed by atoms with Gasteiger partial charge in [0.1, 0.15) is 0 Å². The molecule has 0 aliphatic heterocycles. The molecule has 0 heterocycles.